The maximum atomic E-state index is 5.68. The van der Waals surface area contributed by atoms with Crippen molar-refractivity contribution in [1.29, 1.82) is 0 Å². The summed E-state index contributed by atoms with van der Waals surface area (Å²) >= 11 is 0. The summed E-state index contributed by atoms with van der Waals surface area (Å²) in [6.07, 6.45) is 1.04. The van der Waals surface area contributed by atoms with Crippen LogP contribution in [0.25, 0.3) is 0 Å². The molecule has 0 aliphatic rings. The van der Waals surface area contributed by atoms with Crippen LogP contribution < -0.4 is 10.1 Å². The minimum absolute atomic E-state index is 0.553. The summed E-state index contributed by atoms with van der Waals surface area (Å²) in [6, 6.07) is 16.7. The highest BCUT2D eigenvalue weighted by Crippen LogP contribution is 2.16. The molecule has 0 saturated heterocycles. The Morgan fingerprint density at radius 1 is 1.00 bits per heavy atom. The molecule has 0 spiro atoms. The number of nitrogens with one attached hydrogen (secondary N) is 1. The van der Waals surface area contributed by atoms with Gasteiger partial charge in [-0.2, -0.15) is 0 Å². The zero-order chi connectivity index (χ0) is 15.1. The van der Waals surface area contributed by atoms with Gasteiger partial charge in [0.2, 0.25) is 0 Å². The van der Waals surface area contributed by atoms with Gasteiger partial charge in [0, 0.05) is 12.2 Å². The molecule has 2 aromatic rings. The van der Waals surface area contributed by atoms with Crippen molar-refractivity contribution < 1.29 is 4.74 Å². The van der Waals surface area contributed by atoms with Gasteiger partial charge in [0.25, 0.3) is 0 Å². The minimum Gasteiger partial charge on any atom is -0.493 e. The quantitative estimate of drug-likeness (QED) is 0.796. The summed E-state index contributed by atoms with van der Waals surface area (Å²) in [5, 5.41) is 3.46. The second-order valence-electron chi connectivity index (χ2n) is 5.83. The number of rotatable bonds is 7. The van der Waals surface area contributed by atoms with Crippen LogP contribution in [-0.2, 0) is 6.42 Å². The lowest BCUT2D eigenvalue weighted by molar-refractivity contribution is 0.271. The van der Waals surface area contributed by atoms with Gasteiger partial charge in [-0.3, -0.25) is 0 Å². The summed E-state index contributed by atoms with van der Waals surface area (Å²) < 4.78 is 5.68. The van der Waals surface area contributed by atoms with Gasteiger partial charge in [0.05, 0.1) is 6.61 Å². The van der Waals surface area contributed by atoms with Crippen LogP contribution in [0.15, 0.2) is 48.5 Å². The number of benzene rings is 2. The Morgan fingerprint density at radius 2 is 1.71 bits per heavy atom. The fourth-order valence-electron chi connectivity index (χ4n) is 2.16. The van der Waals surface area contributed by atoms with Crippen LogP contribution in [0.3, 0.4) is 0 Å². The van der Waals surface area contributed by atoms with Crippen LogP contribution >= 0.6 is 0 Å². The summed E-state index contributed by atoms with van der Waals surface area (Å²) in [5.41, 5.74) is 3.90. The number of hydrogen-bond acceptors (Lipinski definition) is 2. The molecule has 0 unspecified atom stereocenters. The Balaban J connectivity index is 1.80. The summed E-state index contributed by atoms with van der Waals surface area (Å²) in [7, 11) is 0. The predicted molar refractivity (Wildman–Crippen MR) is 90.1 cm³/mol. The Hall–Kier alpha value is -1.96. The molecule has 112 valence electrons. The van der Waals surface area contributed by atoms with Crippen LogP contribution in [-0.4, -0.2) is 13.2 Å². The zero-order valence-corrected chi connectivity index (χ0v) is 13.2. The van der Waals surface area contributed by atoms with Gasteiger partial charge in [-0.25, -0.2) is 0 Å². The molecular formula is C19H25NO. The van der Waals surface area contributed by atoms with Crippen molar-refractivity contribution in [2.45, 2.75) is 27.2 Å². The molecule has 0 amide bonds. The topological polar surface area (TPSA) is 21.3 Å². The second kappa shape index (κ2) is 7.72. The average Bonchev–Trinajstić information content (AvgIpc) is 2.48. The molecule has 0 radical (unpaired) electrons. The van der Waals surface area contributed by atoms with Crippen molar-refractivity contribution in [3.05, 3.63) is 59.7 Å². The highest BCUT2D eigenvalue weighted by atomic mass is 16.5. The number of ether oxygens (including phenoxy) is 1. The van der Waals surface area contributed by atoms with E-state index in [2.05, 4.69) is 62.5 Å². The van der Waals surface area contributed by atoms with E-state index in [9.17, 15) is 0 Å². The molecule has 0 heterocycles. The van der Waals surface area contributed by atoms with E-state index < -0.39 is 0 Å². The molecule has 0 atom stereocenters. The Labute approximate surface area is 128 Å². The Bertz CT molecular complexity index is 546. The van der Waals surface area contributed by atoms with E-state index in [1.807, 2.05) is 12.1 Å². The molecule has 2 heteroatoms. The predicted octanol–water partition coefficient (Wildman–Crippen LogP) is 4.68. The molecule has 0 fully saturated rings. The van der Waals surface area contributed by atoms with Crippen molar-refractivity contribution in [2.75, 3.05) is 18.5 Å². The molecule has 0 saturated carbocycles. The lowest BCUT2D eigenvalue weighted by atomic mass is 10.1. The highest BCUT2D eigenvalue weighted by molar-refractivity contribution is 5.46. The van der Waals surface area contributed by atoms with E-state index in [0.717, 1.165) is 31.0 Å². The third-order valence-corrected chi connectivity index (χ3v) is 3.42. The highest BCUT2D eigenvalue weighted by Gasteiger charge is 1.99. The summed E-state index contributed by atoms with van der Waals surface area (Å²) in [4.78, 5) is 0. The maximum absolute atomic E-state index is 5.68. The van der Waals surface area contributed by atoms with Gasteiger partial charge >= 0.3 is 0 Å². The van der Waals surface area contributed by atoms with E-state index in [4.69, 9.17) is 4.74 Å². The fourth-order valence-corrected chi connectivity index (χ4v) is 2.16. The van der Waals surface area contributed by atoms with Gasteiger partial charge in [-0.1, -0.05) is 38.1 Å². The summed E-state index contributed by atoms with van der Waals surface area (Å²) in [6.45, 7) is 8.18. The van der Waals surface area contributed by atoms with E-state index in [-0.39, 0.29) is 0 Å². The first-order valence-corrected chi connectivity index (χ1v) is 7.66. The van der Waals surface area contributed by atoms with E-state index in [0.29, 0.717) is 5.92 Å². The maximum Gasteiger partial charge on any atom is 0.119 e. The van der Waals surface area contributed by atoms with Gasteiger partial charge in [0.1, 0.15) is 5.75 Å². The van der Waals surface area contributed by atoms with Crippen LogP contribution in [0.5, 0.6) is 5.75 Å². The van der Waals surface area contributed by atoms with Crippen molar-refractivity contribution in [1.82, 2.24) is 0 Å². The third kappa shape index (κ3) is 5.14. The smallest absolute Gasteiger partial charge is 0.119 e. The first-order valence-electron chi connectivity index (χ1n) is 7.66. The number of aryl methyl sites for hydroxylation is 1. The number of anilines is 1. The average molecular weight is 283 g/mol. The normalized spacial score (nSPS) is 10.7. The van der Waals surface area contributed by atoms with Crippen molar-refractivity contribution in [2.24, 2.45) is 5.92 Å². The van der Waals surface area contributed by atoms with Crippen molar-refractivity contribution >= 4 is 5.69 Å². The SMILES string of the molecule is Cc1ccccc1CCNc1ccc(OCC(C)C)cc1. The molecular weight excluding hydrogens is 258 g/mol. The monoisotopic (exact) mass is 283 g/mol. The van der Waals surface area contributed by atoms with Gasteiger partial charge in [0.15, 0.2) is 0 Å². The van der Waals surface area contributed by atoms with Crippen LogP contribution in [0.4, 0.5) is 5.69 Å². The van der Waals surface area contributed by atoms with Crippen LogP contribution in [0, 0.1) is 12.8 Å². The van der Waals surface area contributed by atoms with Crippen LogP contribution in [0.1, 0.15) is 25.0 Å². The molecule has 2 rings (SSSR count). The molecule has 2 aromatic carbocycles. The Morgan fingerprint density at radius 3 is 2.38 bits per heavy atom. The molecule has 0 aromatic heterocycles. The van der Waals surface area contributed by atoms with Crippen molar-refractivity contribution in [3.63, 3.8) is 0 Å². The van der Waals surface area contributed by atoms with Crippen LogP contribution in [0.2, 0.25) is 0 Å². The molecule has 0 bridgehead atoms. The molecule has 1 N–H and O–H groups in total. The largest absolute Gasteiger partial charge is 0.493 e. The molecule has 2 nitrogen and oxygen atoms in total. The summed E-state index contributed by atoms with van der Waals surface area (Å²) in [5.74, 6) is 1.49. The molecule has 0 aliphatic carbocycles. The lowest BCUT2D eigenvalue weighted by Gasteiger charge is -2.11. The Kier molecular flexibility index (Phi) is 5.68. The van der Waals surface area contributed by atoms with Crippen molar-refractivity contribution in [3.8, 4) is 5.75 Å². The van der Waals surface area contributed by atoms with Gasteiger partial charge in [-0.05, 0) is 54.7 Å². The lowest BCUT2D eigenvalue weighted by Crippen LogP contribution is -2.06. The zero-order valence-electron chi connectivity index (χ0n) is 13.2. The van der Waals surface area contributed by atoms with E-state index >= 15 is 0 Å². The number of hydrogen-bond donors (Lipinski definition) is 1. The standard InChI is InChI=1S/C19H25NO/c1-15(2)14-21-19-10-8-18(9-11-19)20-13-12-17-7-5-4-6-16(17)3/h4-11,15,20H,12-14H2,1-3H3. The minimum atomic E-state index is 0.553. The van der Waals surface area contributed by atoms with E-state index in [1.54, 1.807) is 0 Å². The van der Waals surface area contributed by atoms with Gasteiger partial charge in [-0.15, -0.1) is 0 Å². The molecule has 21 heavy (non-hydrogen) atoms. The second-order valence-corrected chi connectivity index (χ2v) is 5.83. The van der Waals surface area contributed by atoms with E-state index in [1.165, 1.54) is 11.1 Å². The van der Waals surface area contributed by atoms with Gasteiger partial charge < -0.3 is 10.1 Å². The first-order chi connectivity index (χ1) is 10.1. The third-order valence-electron chi connectivity index (χ3n) is 3.42. The fraction of sp³-hybridized carbons (Fsp3) is 0.368. The molecule has 0 aliphatic heterocycles. The first kappa shape index (κ1) is 15.4.